The third-order valence-corrected chi connectivity index (χ3v) is 10.2. The predicted octanol–water partition coefficient (Wildman–Crippen LogP) is 15.2. The zero-order chi connectivity index (χ0) is 37.1. The monoisotopic (exact) mass is 735 g/mol. The van der Waals surface area contributed by atoms with E-state index < -0.39 is 0 Å². The van der Waals surface area contributed by atoms with Crippen LogP contribution in [-0.4, -0.2) is 10.2 Å². The number of hydrogen-bond acceptors (Lipinski definition) is 2. The fourth-order valence-corrected chi connectivity index (χ4v) is 7.22. The van der Waals surface area contributed by atoms with Crippen LogP contribution in [0.3, 0.4) is 0 Å². The first-order chi connectivity index (χ1) is 22.1. The minimum atomic E-state index is -0.0125. The van der Waals surface area contributed by atoms with E-state index in [-0.39, 0.29) is 45.9 Å². The zero-order valence-electron chi connectivity index (χ0n) is 35.8. The van der Waals surface area contributed by atoms with Gasteiger partial charge >= 0.3 is 0 Å². The van der Waals surface area contributed by atoms with Gasteiger partial charge in [-0.05, 0) is 98.3 Å². The number of phenolic OH excluding ortho intramolecular Hbond substituents is 2. The molecule has 2 nitrogen and oxygen atoms in total. The molecule has 2 aromatic rings. The molecule has 0 unspecified atom stereocenters. The zero-order valence-corrected chi connectivity index (χ0v) is 36.8. The fourth-order valence-electron chi connectivity index (χ4n) is 7.22. The summed E-state index contributed by atoms with van der Waals surface area (Å²) in [6.45, 7) is 35.6. The Labute approximate surface area is 322 Å². The van der Waals surface area contributed by atoms with E-state index in [0.717, 1.165) is 54.4 Å². The summed E-state index contributed by atoms with van der Waals surface area (Å²) in [6.07, 6.45) is 15.9. The SMILES string of the molecule is CCCC(C)(C)c1cc(C=C(C)C)c(O)c(C(C)(C)CCC)c1.CCCCCC(C)(C)c1cc(C(C)(C)CCC)cc(C=C(C)C)c1O.[CH3-].[Co]. The molecule has 0 aliphatic carbocycles. The fraction of sp³-hybridized carbons (Fsp3) is 0.638. The third kappa shape index (κ3) is 14.6. The van der Waals surface area contributed by atoms with Crippen molar-refractivity contribution < 1.29 is 27.0 Å². The Hall–Kier alpha value is -1.97. The van der Waals surface area contributed by atoms with E-state index in [1.165, 1.54) is 54.4 Å². The quantitative estimate of drug-likeness (QED) is 0.133. The van der Waals surface area contributed by atoms with E-state index in [2.05, 4.69) is 147 Å². The molecule has 0 bridgehead atoms. The number of phenols is 2. The Morgan fingerprint density at radius 1 is 0.500 bits per heavy atom. The molecule has 2 rings (SSSR count). The van der Waals surface area contributed by atoms with Gasteiger partial charge in [-0.2, -0.15) is 0 Å². The van der Waals surface area contributed by atoms with E-state index in [1.807, 2.05) is 0 Å². The van der Waals surface area contributed by atoms with Crippen LogP contribution >= 0.6 is 0 Å². The van der Waals surface area contributed by atoms with Crippen molar-refractivity contribution in [2.45, 2.75) is 197 Å². The maximum atomic E-state index is 11.0. The van der Waals surface area contributed by atoms with Crippen LogP contribution in [0.4, 0.5) is 0 Å². The van der Waals surface area contributed by atoms with Crippen molar-refractivity contribution in [3.05, 3.63) is 76.2 Å². The maximum Gasteiger partial charge on any atom is 0.126 e. The second-order valence-electron chi connectivity index (χ2n) is 17.6. The Morgan fingerprint density at radius 3 is 1.12 bits per heavy atom. The Balaban J connectivity index is 0. The number of aromatic hydroxyl groups is 2. The second kappa shape index (κ2) is 21.5. The van der Waals surface area contributed by atoms with E-state index in [4.69, 9.17) is 0 Å². The minimum absolute atomic E-state index is 0. The third-order valence-electron chi connectivity index (χ3n) is 10.2. The maximum absolute atomic E-state index is 11.0. The van der Waals surface area contributed by atoms with Crippen molar-refractivity contribution in [1.29, 1.82) is 0 Å². The van der Waals surface area contributed by atoms with Crippen LogP contribution in [0.5, 0.6) is 11.5 Å². The van der Waals surface area contributed by atoms with Gasteiger partial charge < -0.3 is 17.6 Å². The summed E-state index contributed by atoms with van der Waals surface area (Å²) in [4.78, 5) is 0. The molecule has 0 heterocycles. The molecule has 0 aliphatic rings. The van der Waals surface area contributed by atoms with Gasteiger partial charge in [-0.3, -0.25) is 0 Å². The molecule has 0 aromatic heterocycles. The van der Waals surface area contributed by atoms with Gasteiger partial charge in [0.2, 0.25) is 0 Å². The normalized spacial score (nSPS) is 11.8. The number of hydrogen-bond donors (Lipinski definition) is 2. The molecule has 0 spiro atoms. The molecular formula is C47H79CoO2-. The van der Waals surface area contributed by atoms with Gasteiger partial charge in [-0.25, -0.2) is 0 Å². The van der Waals surface area contributed by atoms with Crippen LogP contribution in [0.2, 0.25) is 0 Å². The first-order valence-corrected chi connectivity index (χ1v) is 19.2. The summed E-state index contributed by atoms with van der Waals surface area (Å²) in [6, 6.07) is 8.91. The van der Waals surface area contributed by atoms with E-state index in [0.29, 0.717) is 11.5 Å². The standard InChI is InChI=1S/C24H40O.C22H36O.CH3.Co/c1-9-11-12-14-24(7,8)21-17-20(23(5,6)13-10-2)16-19(22(21)25)15-18(3)4;1-9-11-21(5,6)18-14-17(13-16(3)4)20(23)19(15-18)22(7,8)12-10-2;;/h15-17,25H,9-14H2,1-8H3;13-15,23H,9-12H2,1-8H3;1H3;/q;;-1;. The van der Waals surface area contributed by atoms with Gasteiger partial charge in [0.25, 0.3) is 0 Å². The van der Waals surface area contributed by atoms with Crippen molar-refractivity contribution in [2.24, 2.45) is 0 Å². The molecule has 0 saturated carbocycles. The van der Waals surface area contributed by atoms with Crippen LogP contribution in [-0.2, 0) is 38.4 Å². The van der Waals surface area contributed by atoms with Crippen molar-refractivity contribution in [2.75, 3.05) is 0 Å². The molecule has 3 heteroatoms. The van der Waals surface area contributed by atoms with E-state index in [1.54, 1.807) is 0 Å². The molecule has 2 aromatic carbocycles. The first kappa shape index (κ1) is 50.1. The summed E-state index contributed by atoms with van der Waals surface area (Å²) in [5.74, 6) is 0.930. The molecule has 0 atom stereocenters. The summed E-state index contributed by atoms with van der Waals surface area (Å²) in [5.41, 5.74) is 9.48. The summed E-state index contributed by atoms with van der Waals surface area (Å²) < 4.78 is 0. The Kier molecular flexibility index (Phi) is 21.6. The number of unbranched alkanes of at least 4 members (excludes halogenated alkanes) is 2. The molecule has 2 N–H and O–H groups in total. The van der Waals surface area contributed by atoms with E-state index in [9.17, 15) is 10.2 Å². The van der Waals surface area contributed by atoms with Crippen molar-refractivity contribution in [3.63, 3.8) is 0 Å². The molecule has 0 amide bonds. The van der Waals surface area contributed by atoms with Gasteiger partial charge in [0, 0.05) is 39.0 Å². The average molecular weight is 735 g/mol. The summed E-state index contributed by atoms with van der Waals surface area (Å²) in [5, 5.41) is 21.9. The Bertz CT molecular complexity index is 1360. The van der Waals surface area contributed by atoms with Gasteiger partial charge in [-0.15, -0.1) is 0 Å². The average Bonchev–Trinajstić information content (AvgIpc) is 2.94. The van der Waals surface area contributed by atoms with Gasteiger partial charge in [-0.1, -0.05) is 157 Å². The predicted molar refractivity (Wildman–Crippen MR) is 222 cm³/mol. The number of allylic oxidation sites excluding steroid dienone is 2. The molecular weight excluding hydrogens is 655 g/mol. The van der Waals surface area contributed by atoms with Gasteiger partial charge in [0.15, 0.2) is 0 Å². The van der Waals surface area contributed by atoms with Crippen LogP contribution in [0.15, 0.2) is 35.4 Å². The summed E-state index contributed by atoms with van der Waals surface area (Å²) >= 11 is 0. The summed E-state index contributed by atoms with van der Waals surface area (Å²) in [7, 11) is 0. The topological polar surface area (TPSA) is 40.5 Å². The minimum Gasteiger partial charge on any atom is -0.507 e. The van der Waals surface area contributed by atoms with Crippen LogP contribution in [0.25, 0.3) is 12.2 Å². The molecule has 50 heavy (non-hydrogen) atoms. The number of benzene rings is 2. The molecule has 289 valence electrons. The smallest absolute Gasteiger partial charge is 0.126 e. The molecule has 0 aliphatic heterocycles. The van der Waals surface area contributed by atoms with Crippen molar-refractivity contribution >= 4 is 12.2 Å². The van der Waals surface area contributed by atoms with E-state index >= 15 is 0 Å². The number of rotatable bonds is 16. The molecule has 0 fully saturated rings. The molecule has 0 saturated heterocycles. The second-order valence-corrected chi connectivity index (χ2v) is 17.6. The van der Waals surface area contributed by atoms with Crippen molar-refractivity contribution in [1.82, 2.24) is 0 Å². The van der Waals surface area contributed by atoms with Gasteiger partial charge in [0.1, 0.15) is 11.5 Å². The van der Waals surface area contributed by atoms with Gasteiger partial charge in [0.05, 0.1) is 0 Å². The van der Waals surface area contributed by atoms with Crippen LogP contribution < -0.4 is 0 Å². The first-order valence-electron chi connectivity index (χ1n) is 19.2. The van der Waals surface area contributed by atoms with Crippen LogP contribution in [0, 0.1) is 7.43 Å². The van der Waals surface area contributed by atoms with Crippen LogP contribution in [0.1, 0.15) is 208 Å². The van der Waals surface area contributed by atoms with Crippen molar-refractivity contribution in [3.8, 4) is 11.5 Å². The molecule has 1 radical (unpaired) electrons. The largest absolute Gasteiger partial charge is 0.507 e. The Morgan fingerprint density at radius 2 is 0.820 bits per heavy atom.